The summed E-state index contributed by atoms with van der Waals surface area (Å²) in [7, 11) is 0. The van der Waals surface area contributed by atoms with Crippen LogP contribution >= 0.6 is 0 Å². The van der Waals surface area contributed by atoms with Crippen LogP contribution in [0.1, 0.15) is 36.5 Å². The molecule has 0 aliphatic carbocycles. The van der Waals surface area contributed by atoms with Crippen molar-refractivity contribution < 1.29 is 9.90 Å². The lowest BCUT2D eigenvalue weighted by Gasteiger charge is -2.19. The van der Waals surface area contributed by atoms with Crippen LogP contribution in [0, 0.1) is 5.92 Å². The molecule has 1 saturated heterocycles. The smallest absolute Gasteiger partial charge is 0.356 e. The van der Waals surface area contributed by atoms with Crippen molar-refractivity contribution in [2.24, 2.45) is 5.92 Å². The lowest BCUT2D eigenvalue weighted by Crippen LogP contribution is -2.28. The van der Waals surface area contributed by atoms with Gasteiger partial charge in [0.05, 0.1) is 0 Å². The molecule has 1 unspecified atom stereocenters. The number of H-pyrrole nitrogens is 1. The van der Waals surface area contributed by atoms with Crippen LogP contribution in [0.2, 0.25) is 0 Å². The van der Waals surface area contributed by atoms with Gasteiger partial charge in [0.25, 0.3) is 0 Å². The summed E-state index contributed by atoms with van der Waals surface area (Å²) in [5, 5.41) is 15.4. The first-order chi connectivity index (χ1) is 8.06. The van der Waals surface area contributed by atoms with Crippen molar-refractivity contribution in [3.63, 3.8) is 0 Å². The van der Waals surface area contributed by atoms with E-state index >= 15 is 0 Å². The second kappa shape index (κ2) is 4.87. The van der Waals surface area contributed by atoms with Crippen LogP contribution in [0.3, 0.4) is 0 Å². The lowest BCUT2D eigenvalue weighted by molar-refractivity contribution is 0.0690. The van der Waals surface area contributed by atoms with Crippen LogP contribution in [0.25, 0.3) is 0 Å². The Morgan fingerprint density at radius 2 is 2.47 bits per heavy atom. The molecule has 2 heterocycles. The first-order valence-electron chi connectivity index (χ1n) is 6.08. The van der Waals surface area contributed by atoms with Gasteiger partial charge in [0, 0.05) is 18.3 Å². The number of aromatic nitrogens is 2. The number of likely N-dealkylation sites (tertiary alicyclic amines) is 1. The summed E-state index contributed by atoms with van der Waals surface area (Å²) < 4.78 is 0. The van der Waals surface area contributed by atoms with E-state index in [2.05, 4.69) is 28.9 Å². The minimum atomic E-state index is -0.970. The number of nitrogens with one attached hydrogen (secondary N) is 1. The lowest BCUT2D eigenvalue weighted by atomic mass is 10.0. The third-order valence-corrected chi connectivity index (χ3v) is 3.41. The molecule has 1 aromatic rings. The highest BCUT2D eigenvalue weighted by atomic mass is 16.4. The topological polar surface area (TPSA) is 69.2 Å². The van der Waals surface area contributed by atoms with E-state index in [1.54, 1.807) is 6.07 Å². The van der Waals surface area contributed by atoms with Gasteiger partial charge in [0.1, 0.15) is 0 Å². The number of carboxylic acids is 1. The van der Waals surface area contributed by atoms with Gasteiger partial charge in [-0.25, -0.2) is 4.79 Å². The van der Waals surface area contributed by atoms with Gasteiger partial charge in [-0.1, -0.05) is 0 Å². The molecule has 17 heavy (non-hydrogen) atoms. The van der Waals surface area contributed by atoms with Gasteiger partial charge in [0.2, 0.25) is 0 Å². The Morgan fingerprint density at radius 3 is 3.00 bits per heavy atom. The Balaban J connectivity index is 1.91. The summed E-state index contributed by atoms with van der Waals surface area (Å²) in [6.07, 6.45) is 2.07. The van der Waals surface area contributed by atoms with Gasteiger partial charge in [0.15, 0.2) is 5.69 Å². The average Bonchev–Trinajstić information content (AvgIpc) is 2.87. The summed E-state index contributed by atoms with van der Waals surface area (Å²) in [6, 6.07) is 2.23. The fraction of sp³-hybridized carbons (Fsp3) is 0.667. The van der Waals surface area contributed by atoms with Crippen molar-refractivity contribution in [3.8, 4) is 0 Å². The number of rotatable bonds is 4. The van der Waals surface area contributed by atoms with Gasteiger partial charge in [-0.2, -0.15) is 5.10 Å². The van der Waals surface area contributed by atoms with Crippen molar-refractivity contribution in [2.45, 2.75) is 32.7 Å². The first kappa shape index (κ1) is 12.1. The highest BCUT2D eigenvalue weighted by Crippen LogP contribution is 2.21. The fourth-order valence-electron chi connectivity index (χ4n) is 2.38. The minimum absolute atomic E-state index is 0.110. The molecule has 0 saturated carbocycles. The van der Waals surface area contributed by atoms with Crippen molar-refractivity contribution in [3.05, 3.63) is 17.5 Å². The molecule has 0 aromatic carbocycles. The van der Waals surface area contributed by atoms with E-state index in [0.717, 1.165) is 25.2 Å². The van der Waals surface area contributed by atoms with Crippen LogP contribution in [-0.4, -0.2) is 45.3 Å². The molecule has 1 aliphatic heterocycles. The van der Waals surface area contributed by atoms with Crippen LogP contribution in [-0.2, 0) is 6.42 Å². The van der Waals surface area contributed by atoms with E-state index < -0.39 is 5.97 Å². The average molecular weight is 237 g/mol. The number of aromatic carboxylic acids is 1. The molecular weight excluding hydrogens is 218 g/mol. The zero-order valence-electron chi connectivity index (χ0n) is 10.3. The Hall–Kier alpha value is -1.36. The maximum absolute atomic E-state index is 10.7. The van der Waals surface area contributed by atoms with Crippen molar-refractivity contribution in [1.29, 1.82) is 0 Å². The largest absolute Gasteiger partial charge is 0.476 e. The highest BCUT2D eigenvalue weighted by molar-refractivity contribution is 5.85. The molecule has 1 aromatic heterocycles. The molecule has 2 N–H and O–H groups in total. The molecule has 0 spiro atoms. The molecule has 5 nitrogen and oxygen atoms in total. The van der Waals surface area contributed by atoms with Gasteiger partial charge in [-0.15, -0.1) is 0 Å². The van der Waals surface area contributed by atoms with E-state index in [1.807, 2.05) is 0 Å². The summed E-state index contributed by atoms with van der Waals surface area (Å²) >= 11 is 0. The molecule has 1 aliphatic rings. The molecule has 0 bridgehead atoms. The Labute approximate surface area is 101 Å². The van der Waals surface area contributed by atoms with Gasteiger partial charge < -0.3 is 10.0 Å². The summed E-state index contributed by atoms with van der Waals surface area (Å²) in [5.74, 6) is -0.359. The Bertz CT molecular complexity index is 400. The summed E-state index contributed by atoms with van der Waals surface area (Å²) in [5.41, 5.74) is 1.04. The van der Waals surface area contributed by atoms with Gasteiger partial charge in [-0.3, -0.25) is 5.10 Å². The number of aromatic amines is 1. The normalized spacial score (nSPS) is 21.2. The highest BCUT2D eigenvalue weighted by Gasteiger charge is 2.24. The monoisotopic (exact) mass is 237 g/mol. The fourth-order valence-corrected chi connectivity index (χ4v) is 2.38. The van der Waals surface area contributed by atoms with Crippen LogP contribution in [0.5, 0.6) is 0 Å². The van der Waals surface area contributed by atoms with Gasteiger partial charge >= 0.3 is 5.97 Å². The zero-order chi connectivity index (χ0) is 12.4. The molecule has 5 heteroatoms. The number of nitrogens with zero attached hydrogens (tertiary/aromatic N) is 2. The maximum atomic E-state index is 10.7. The Kier molecular flexibility index (Phi) is 3.47. The standard InChI is InChI=1S/C12H19N3O2/c1-8(2)15-4-3-9(7-15)5-10-6-11(12(16)17)14-13-10/h6,8-9H,3-5,7H2,1-2H3,(H,13,14)(H,16,17). The van der Waals surface area contributed by atoms with Crippen molar-refractivity contribution >= 4 is 5.97 Å². The molecule has 94 valence electrons. The van der Waals surface area contributed by atoms with Crippen LogP contribution in [0.4, 0.5) is 0 Å². The third kappa shape index (κ3) is 2.85. The van der Waals surface area contributed by atoms with Crippen LogP contribution < -0.4 is 0 Å². The molecule has 0 amide bonds. The molecular formula is C12H19N3O2. The molecule has 1 fully saturated rings. The molecule has 1 atom stereocenters. The van der Waals surface area contributed by atoms with E-state index in [-0.39, 0.29) is 5.69 Å². The number of carbonyl (C=O) groups is 1. The number of hydrogen-bond acceptors (Lipinski definition) is 3. The van der Waals surface area contributed by atoms with E-state index in [1.165, 1.54) is 6.42 Å². The molecule has 2 rings (SSSR count). The zero-order valence-corrected chi connectivity index (χ0v) is 10.3. The van der Waals surface area contributed by atoms with E-state index in [0.29, 0.717) is 12.0 Å². The minimum Gasteiger partial charge on any atom is -0.476 e. The summed E-state index contributed by atoms with van der Waals surface area (Å²) in [4.78, 5) is 13.2. The Morgan fingerprint density at radius 1 is 1.71 bits per heavy atom. The second-order valence-corrected chi connectivity index (χ2v) is 5.03. The summed E-state index contributed by atoms with van der Waals surface area (Å²) in [6.45, 7) is 6.66. The second-order valence-electron chi connectivity index (χ2n) is 5.03. The van der Waals surface area contributed by atoms with Gasteiger partial charge in [-0.05, 0) is 45.2 Å². The van der Waals surface area contributed by atoms with Crippen molar-refractivity contribution in [2.75, 3.05) is 13.1 Å². The predicted octanol–water partition coefficient (Wildman–Crippen LogP) is 1.38. The number of hydrogen-bond donors (Lipinski definition) is 2. The van der Waals surface area contributed by atoms with Crippen molar-refractivity contribution in [1.82, 2.24) is 15.1 Å². The molecule has 0 radical (unpaired) electrons. The predicted molar refractivity (Wildman–Crippen MR) is 64.1 cm³/mol. The first-order valence-corrected chi connectivity index (χ1v) is 6.08. The number of carboxylic acid groups (broad SMARTS) is 1. The van der Waals surface area contributed by atoms with E-state index in [9.17, 15) is 4.79 Å². The van der Waals surface area contributed by atoms with E-state index in [4.69, 9.17) is 5.11 Å². The third-order valence-electron chi connectivity index (χ3n) is 3.41. The SMILES string of the molecule is CC(C)N1CCC(Cc2cc(C(=O)O)n[nH]2)C1. The maximum Gasteiger partial charge on any atom is 0.356 e. The van der Waals surface area contributed by atoms with Crippen LogP contribution in [0.15, 0.2) is 6.07 Å². The quantitative estimate of drug-likeness (QED) is 0.830.